The first-order chi connectivity index (χ1) is 9.56. The number of likely N-dealkylation sites (tertiary alicyclic amines) is 1. The summed E-state index contributed by atoms with van der Waals surface area (Å²) in [6, 6.07) is 1.11. The molecule has 110 valence electrons. The van der Waals surface area contributed by atoms with E-state index in [4.69, 9.17) is 5.73 Å². The molecule has 1 fully saturated rings. The molecule has 2 amide bonds. The van der Waals surface area contributed by atoms with Crippen molar-refractivity contribution in [3.05, 3.63) is 12.3 Å². The number of nitrogens with zero attached hydrogens (tertiary/aromatic N) is 3. The van der Waals surface area contributed by atoms with E-state index in [1.54, 1.807) is 19.2 Å². The minimum absolute atomic E-state index is 0.0157. The maximum Gasteiger partial charge on any atom is 0.244 e. The molecule has 1 atom stereocenters. The highest BCUT2D eigenvalue weighted by Gasteiger charge is 2.23. The Balaban J connectivity index is 1.82. The molecule has 0 bridgehead atoms. The zero-order valence-corrected chi connectivity index (χ0v) is 11.7. The molecule has 7 nitrogen and oxygen atoms in total. The molecule has 0 spiro atoms. The SMILES string of the molecule is CC(NC(=O)Cn1ccc(N)n1)C(=O)N1CCCCC1. The summed E-state index contributed by atoms with van der Waals surface area (Å²) in [4.78, 5) is 25.8. The molecule has 3 N–H and O–H groups in total. The number of nitrogen functional groups attached to an aromatic ring is 1. The number of aromatic nitrogens is 2. The smallest absolute Gasteiger partial charge is 0.244 e. The topological polar surface area (TPSA) is 93.2 Å². The Kier molecular flexibility index (Phi) is 4.60. The van der Waals surface area contributed by atoms with Crippen molar-refractivity contribution in [3.63, 3.8) is 0 Å². The van der Waals surface area contributed by atoms with Crippen molar-refractivity contribution in [1.82, 2.24) is 20.0 Å². The van der Waals surface area contributed by atoms with Crippen LogP contribution in [0.1, 0.15) is 26.2 Å². The number of nitrogens with one attached hydrogen (secondary N) is 1. The van der Waals surface area contributed by atoms with Gasteiger partial charge in [0.2, 0.25) is 11.8 Å². The highest BCUT2D eigenvalue weighted by Crippen LogP contribution is 2.09. The first kappa shape index (κ1) is 14.4. The van der Waals surface area contributed by atoms with Gasteiger partial charge in [0.25, 0.3) is 0 Å². The number of rotatable bonds is 4. The molecule has 1 aliphatic heterocycles. The summed E-state index contributed by atoms with van der Waals surface area (Å²) in [7, 11) is 0. The lowest BCUT2D eigenvalue weighted by molar-refractivity contribution is -0.136. The van der Waals surface area contributed by atoms with E-state index >= 15 is 0 Å². The van der Waals surface area contributed by atoms with E-state index in [-0.39, 0.29) is 18.4 Å². The van der Waals surface area contributed by atoms with Crippen LogP contribution in [-0.2, 0) is 16.1 Å². The molecule has 7 heteroatoms. The lowest BCUT2D eigenvalue weighted by Gasteiger charge is -2.29. The number of nitrogens with two attached hydrogens (primary N) is 1. The zero-order chi connectivity index (χ0) is 14.5. The monoisotopic (exact) mass is 279 g/mol. The zero-order valence-electron chi connectivity index (χ0n) is 11.7. The van der Waals surface area contributed by atoms with Crippen LogP contribution in [0.3, 0.4) is 0 Å². The number of hydrogen-bond donors (Lipinski definition) is 2. The van der Waals surface area contributed by atoms with Crippen molar-refractivity contribution in [2.45, 2.75) is 38.8 Å². The van der Waals surface area contributed by atoms with Gasteiger partial charge in [-0.1, -0.05) is 0 Å². The molecular weight excluding hydrogens is 258 g/mol. The van der Waals surface area contributed by atoms with E-state index < -0.39 is 6.04 Å². The molecule has 0 aromatic carbocycles. The first-order valence-electron chi connectivity index (χ1n) is 6.93. The quantitative estimate of drug-likeness (QED) is 0.810. The van der Waals surface area contributed by atoms with Gasteiger partial charge in [0, 0.05) is 19.3 Å². The van der Waals surface area contributed by atoms with Crippen LogP contribution in [0.25, 0.3) is 0 Å². The van der Waals surface area contributed by atoms with Crippen molar-refractivity contribution in [3.8, 4) is 0 Å². The molecule has 0 radical (unpaired) electrons. The van der Waals surface area contributed by atoms with Crippen LogP contribution in [0.4, 0.5) is 5.82 Å². The Morgan fingerprint density at radius 3 is 2.70 bits per heavy atom. The summed E-state index contributed by atoms with van der Waals surface area (Å²) >= 11 is 0. The Hall–Kier alpha value is -2.05. The predicted octanol–water partition coefficient (Wildman–Crippen LogP) is -0.0175. The summed E-state index contributed by atoms with van der Waals surface area (Å²) in [5.41, 5.74) is 5.48. The average molecular weight is 279 g/mol. The second kappa shape index (κ2) is 6.40. The van der Waals surface area contributed by atoms with Crippen LogP contribution in [0.15, 0.2) is 12.3 Å². The van der Waals surface area contributed by atoms with E-state index in [2.05, 4.69) is 10.4 Å². The minimum Gasteiger partial charge on any atom is -0.382 e. The maximum atomic E-state index is 12.2. The van der Waals surface area contributed by atoms with Gasteiger partial charge in [-0.25, -0.2) is 0 Å². The van der Waals surface area contributed by atoms with E-state index in [0.29, 0.717) is 5.82 Å². The summed E-state index contributed by atoms with van der Waals surface area (Å²) in [6.45, 7) is 3.35. The second-order valence-corrected chi connectivity index (χ2v) is 5.11. The van der Waals surface area contributed by atoms with E-state index in [1.165, 1.54) is 11.1 Å². The molecule has 1 aliphatic rings. The van der Waals surface area contributed by atoms with Gasteiger partial charge in [-0.3, -0.25) is 14.3 Å². The Morgan fingerprint density at radius 1 is 1.40 bits per heavy atom. The fourth-order valence-electron chi connectivity index (χ4n) is 2.35. The molecule has 1 aromatic heterocycles. The normalized spacial score (nSPS) is 16.8. The van der Waals surface area contributed by atoms with Gasteiger partial charge in [0.15, 0.2) is 0 Å². The minimum atomic E-state index is -0.506. The summed E-state index contributed by atoms with van der Waals surface area (Å²) < 4.78 is 1.45. The molecule has 2 rings (SSSR count). The van der Waals surface area contributed by atoms with Crippen molar-refractivity contribution in [1.29, 1.82) is 0 Å². The highest BCUT2D eigenvalue weighted by atomic mass is 16.2. The van der Waals surface area contributed by atoms with Crippen LogP contribution in [-0.4, -0.2) is 45.6 Å². The van der Waals surface area contributed by atoms with Crippen LogP contribution in [0.5, 0.6) is 0 Å². The van der Waals surface area contributed by atoms with Crippen LogP contribution in [0.2, 0.25) is 0 Å². The highest BCUT2D eigenvalue weighted by molar-refractivity contribution is 5.87. The summed E-state index contributed by atoms with van der Waals surface area (Å²) in [6.07, 6.45) is 4.88. The van der Waals surface area contributed by atoms with Crippen molar-refractivity contribution in [2.24, 2.45) is 0 Å². The van der Waals surface area contributed by atoms with Crippen LogP contribution < -0.4 is 11.1 Å². The standard InChI is InChI=1S/C13H21N5O2/c1-10(13(20)17-6-3-2-4-7-17)15-12(19)9-18-8-5-11(14)16-18/h5,8,10H,2-4,6-7,9H2,1H3,(H2,14,16)(H,15,19). The molecular formula is C13H21N5O2. The number of hydrogen-bond acceptors (Lipinski definition) is 4. The number of carbonyl (C=O) groups is 2. The molecule has 0 aliphatic carbocycles. The van der Waals surface area contributed by atoms with Gasteiger partial charge in [0.1, 0.15) is 18.4 Å². The van der Waals surface area contributed by atoms with Crippen LogP contribution >= 0.6 is 0 Å². The third-order valence-corrected chi connectivity index (χ3v) is 3.38. The third kappa shape index (κ3) is 3.72. The van der Waals surface area contributed by atoms with Gasteiger partial charge < -0.3 is 16.0 Å². The van der Waals surface area contributed by atoms with Crippen molar-refractivity contribution < 1.29 is 9.59 Å². The number of anilines is 1. The number of piperidine rings is 1. The first-order valence-corrected chi connectivity index (χ1v) is 6.93. The van der Waals surface area contributed by atoms with E-state index in [9.17, 15) is 9.59 Å². The molecule has 1 aromatic rings. The van der Waals surface area contributed by atoms with E-state index in [0.717, 1.165) is 25.9 Å². The predicted molar refractivity (Wildman–Crippen MR) is 74.7 cm³/mol. The van der Waals surface area contributed by atoms with Gasteiger partial charge in [-0.15, -0.1) is 0 Å². The Labute approximate surface area is 118 Å². The Bertz CT molecular complexity index is 479. The average Bonchev–Trinajstić information content (AvgIpc) is 2.84. The van der Waals surface area contributed by atoms with Gasteiger partial charge in [-0.05, 0) is 32.3 Å². The van der Waals surface area contributed by atoms with Gasteiger partial charge >= 0.3 is 0 Å². The second-order valence-electron chi connectivity index (χ2n) is 5.11. The van der Waals surface area contributed by atoms with Gasteiger partial charge in [0.05, 0.1) is 0 Å². The fourth-order valence-corrected chi connectivity index (χ4v) is 2.35. The fraction of sp³-hybridized carbons (Fsp3) is 0.615. The lowest BCUT2D eigenvalue weighted by Crippen LogP contribution is -2.49. The van der Waals surface area contributed by atoms with Crippen molar-refractivity contribution in [2.75, 3.05) is 18.8 Å². The molecule has 1 saturated heterocycles. The van der Waals surface area contributed by atoms with Crippen LogP contribution in [0, 0.1) is 0 Å². The Morgan fingerprint density at radius 2 is 2.10 bits per heavy atom. The molecule has 20 heavy (non-hydrogen) atoms. The largest absolute Gasteiger partial charge is 0.382 e. The molecule has 1 unspecified atom stereocenters. The summed E-state index contributed by atoms with van der Waals surface area (Å²) in [5, 5.41) is 6.63. The number of amides is 2. The van der Waals surface area contributed by atoms with E-state index in [1.807, 2.05) is 4.90 Å². The molecule has 2 heterocycles. The number of carbonyl (C=O) groups excluding carboxylic acids is 2. The third-order valence-electron chi connectivity index (χ3n) is 3.38. The lowest BCUT2D eigenvalue weighted by atomic mass is 10.1. The maximum absolute atomic E-state index is 12.2. The van der Waals surface area contributed by atoms with Gasteiger partial charge in [-0.2, -0.15) is 5.10 Å². The molecule has 0 saturated carbocycles. The van der Waals surface area contributed by atoms with Crippen molar-refractivity contribution >= 4 is 17.6 Å². The summed E-state index contributed by atoms with van der Waals surface area (Å²) in [5.74, 6) is 0.110.